The van der Waals surface area contributed by atoms with Gasteiger partial charge in [0.1, 0.15) is 17.6 Å². The van der Waals surface area contributed by atoms with E-state index in [4.69, 9.17) is 42.6 Å². The summed E-state index contributed by atoms with van der Waals surface area (Å²) in [5.74, 6) is 7.05. The molecule has 0 radical (unpaired) electrons. The molecule has 7 aliphatic carbocycles. The van der Waals surface area contributed by atoms with Crippen LogP contribution in [0.1, 0.15) is 377 Å². The van der Waals surface area contributed by atoms with Gasteiger partial charge in [-0.2, -0.15) is 0 Å². The van der Waals surface area contributed by atoms with Gasteiger partial charge in [0.05, 0.1) is 57.4 Å². The second-order valence-electron chi connectivity index (χ2n) is 41.8. The normalized spacial score (nSPS) is 26.9. The molecule has 6 fully saturated rings. The van der Waals surface area contributed by atoms with E-state index in [1.54, 1.807) is 41.5 Å². The third-order valence-corrected chi connectivity index (χ3v) is 33.2. The maximum Gasteiger partial charge on any atom is 0.333 e. The first-order valence-corrected chi connectivity index (χ1v) is 49.2. The topological polar surface area (TPSA) is 237 Å². The molecule has 0 aliphatic heterocycles. The van der Waals surface area contributed by atoms with Crippen LogP contribution in [0.4, 0.5) is 0 Å². The van der Waals surface area contributed by atoms with Crippen LogP contribution in [0, 0.1) is 150 Å². The fourth-order valence-corrected chi connectivity index (χ4v) is 22.6. The SMILES string of the molecule is C.C.C.C.C.C.C.C.C.C.C.C.C=C(C)C(=O)OCCC1CCC(C(=O)Oc2ccc3c(c2)C(C)(C)c2cc(OC(=O)C4CCC(CCOC(=O)C(=C)C)C(C)C4C)ccc2-3)C(C)C1C.C=C(C)C(=O)OCCC1CCC(Cc2ccc(CC3CCC(CCOC(=O)C(=C)C)C(C)C3C)c(C)c2C)C(C)C1C.C=C(C)C(=O)OCCC1CCC(OC(=O)C2CCC(CCOC(=O)C(=C)C)C(C)C2C)C(C)C1C. The summed E-state index contributed by atoms with van der Waals surface area (Å²) in [5, 5.41) is 0. The van der Waals surface area contributed by atoms with E-state index < -0.39 is 5.41 Å². The molecule has 18 nitrogen and oxygen atoms in total. The van der Waals surface area contributed by atoms with Crippen LogP contribution in [0.2, 0.25) is 0 Å². The highest BCUT2D eigenvalue weighted by Gasteiger charge is 2.46. The fourth-order valence-electron chi connectivity index (χ4n) is 22.6. The molecule has 0 spiro atoms. The Morgan fingerprint density at radius 3 is 0.746 bits per heavy atom. The van der Waals surface area contributed by atoms with E-state index in [1.807, 2.05) is 36.4 Å². The van der Waals surface area contributed by atoms with Crippen molar-refractivity contribution < 1.29 is 85.8 Å². The molecule has 6 saturated carbocycles. The van der Waals surface area contributed by atoms with Crippen molar-refractivity contribution in [3.05, 3.63) is 155 Å². The first-order valence-electron chi connectivity index (χ1n) is 49.2. The fraction of sp³-hybridized carbons (Fsp3) is 0.685. The van der Waals surface area contributed by atoms with Gasteiger partial charge in [0.2, 0.25) is 0 Å². The Kier molecular flexibility index (Phi) is 64.9. The molecule has 3 aromatic rings. The largest absolute Gasteiger partial charge is 0.462 e. The lowest BCUT2D eigenvalue weighted by molar-refractivity contribution is -0.166. The van der Waals surface area contributed by atoms with Crippen LogP contribution in [-0.2, 0) is 94.6 Å². The lowest BCUT2D eigenvalue weighted by Crippen LogP contribution is -2.42. The summed E-state index contributed by atoms with van der Waals surface area (Å²) in [4.78, 5) is 111. The number of benzene rings is 3. The van der Waals surface area contributed by atoms with Crippen molar-refractivity contribution in [1.29, 1.82) is 0 Å². The summed E-state index contributed by atoms with van der Waals surface area (Å²) in [6.07, 6.45) is 19.1. The summed E-state index contributed by atoms with van der Waals surface area (Å²) in [5.41, 5.74) is 12.5. The van der Waals surface area contributed by atoms with E-state index >= 15 is 0 Å². The zero-order valence-electron chi connectivity index (χ0n) is 83.5. The highest BCUT2D eigenvalue weighted by Crippen LogP contribution is 2.53. The molecule has 10 rings (SSSR count). The highest BCUT2D eigenvalue weighted by molar-refractivity contribution is 5.90. The molecule has 24 unspecified atom stereocenters. The van der Waals surface area contributed by atoms with Crippen LogP contribution in [0.3, 0.4) is 0 Å². The standard InChI is InChI=1S/C45H58O8.C38H58O4.C29H46O6.12CH4/c1-25(2)41(46)50-21-19-31-11-15-35(29(7)27(31)5)43(48)52-33-13-17-37-38-18-14-34(24-40(38)45(9,10)39(37)23-33)53-44(49)36-16-12-32(28(6)30(36)8)20-22-51-42(47)26(3)4;1-23(2)37(39)41-19-17-31-11-13-33(27(7)25(31)5)21-35-15-16-36(30(10)29(35)9)22-34-14-12-32(26(6)28(34)8)18-20-42-38(40)24(3)4;1-17(2)27(30)33-15-13-23-9-11-25(21(7)19(23)5)29(32)35-26-12-10-24(20(6)22(26)8)14-16-34-28(31)18(3)4;;;;;;;;;;;;/h13-14,17-18,23-24,27-32,35-36H,1,3,11-12,15-16,19-22H2,2,4-10H3;15-16,25-28,31-34H,1,3,11-14,17-22H2,2,4-10H3;19-26H,1,3,9-16H2,2,4-8H3;12*1H4. The second kappa shape index (κ2) is 65.0. The molecule has 0 amide bonds. The summed E-state index contributed by atoms with van der Waals surface area (Å²) >= 11 is 0. The molecule has 0 saturated heterocycles. The van der Waals surface area contributed by atoms with E-state index in [9.17, 15) is 43.2 Å². The van der Waals surface area contributed by atoms with Crippen molar-refractivity contribution in [2.45, 2.75) is 381 Å². The monoisotopic (exact) mass is 1990 g/mol. The van der Waals surface area contributed by atoms with Crippen molar-refractivity contribution in [3.8, 4) is 22.6 Å². The second-order valence-corrected chi connectivity index (χ2v) is 41.8. The smallest absolute Gasteiger partial charge is 0.333 e. The zero-order chi connectivity index (χ0) is 96.2. The van der Waals surface area contributed by atoms with Gasteiger partial charge in [-0.1, -0.05) is 250 Å². The van der Waals surface area contributed by atoms with E-state index in [-0.39, 0.29) is 202 Å². The molecule has 7 aliphatic rings. The molecule has 0 aromatic heterocycles. The van der Waals surface area contributed by atoms with Gasteiger partial charge in [0.15, 0.2) is 0 Å². The molecule has 0 bridgehead atoms. The molecule has 142 heavy (non-hydrogen) atoms. The first kappa shape index (κ1) is 142. The van der Waals surface area contributed by atoms with Crippen LogP contribution < -0.4 is 9.47 Å². The molecular weight excluding hydrogens is 1780 g/mol. The number of carbonyl (C=O) groups is 9. The molecule has 0 N–H and O–H groups in total. The Morgan fingerprint density at radius 2 is 0.493 bits per heavy atom. The summed E-state index contributed by atoms with van der Waals surface area (Å²) in [7, 11) is 0. The van der Waals surface area contributed by atoms with Gasteiger partial charge in [-0.15, -0.1) is 0 Å². The number of ether oxygens (including phenoxy) is 9. The predicted molar refractivity (Wildman–Crippen MR) is 595 cm³/mol. The maximum absolute atomic E-state index is 13.6. The first-order chi connectivity index (χ1) is 61.2. The summed E-state index contributed by atoms with van der Waals surface area (Å²) in [6, 6.07) is 16.6. The number of carbonyl (C=O) groups excluding carboxylic acids is 9. The average Bonchev–Trinajstić information content (AvgIpc) is 1.57. The van der Waals surface area contributed by atoms with Gasteiger partial charge < -0.3 is 42.6 Å². The predicted octanol–water partition coefficient (Wildman–Crippen LogP) is 32.0. The Bertz CT molecular complexity index is 4300. The minimum atomic E-state index is -0.406. The van der Waals surface area contributed by atoms with Crippen molar-refractivity contribution in [2.24, 2.45) is 136 Å². The van der Waals surface area contributed by atoms with Crippen molar-refractivity contribution >= 4 is 53.7 Å². The Morgan fingerprint density at radius 1 is 0.282 bits per heavy atom. The van der Waals surface area contributed by atoms with Gasteiger partial charge >= 0.3 is 53.7 Å². The van der Waals surface area contributed by atoms with Crippen molar-refractivity contribution in [3.63, 3.8) is 0 Å². The minimum absolute atomic E-state index is 0. The molecule has 3 aromatic carbocycles. The van der Waals surface area contributed by atoms with Gasteiger partial charge in [0, 0.05) is 38.9 Å². The highest BCUT2D eigenvalue weighted by atomic mass is 16.6. The summed E-state index contributed by atoms with van der Waals surface area (Å²) in [6.45, 7) is 70.4. The molecule has 814 valence electrons. The van der Waals surface area contributed by atoms with E-state index in [2.05, 4.69) is 162 Å². The van der Waals surface area contributed by atoms with Gasteiger partial charge in [-0.3, -0.25) is 14.4 Å². The Hall–Kier alpha value is -8.67. The van der Waals surface area contributed by atoms with Crippen LogP contribution >= 0.6 is 0 Å². The molecule has 24 atom stereocenters. The van der Waals surface area contributed by atoms with Crippen molar-refractivity contribution in [1.82, 2.24) is 0 Å². The van der Waals surface area contributed by atoms with E-state index in [0.717, 1.165) is 125 Å². The van der Waals surface area contributed by atoms with Gasteiger partial charge in [-0.25, -0.2) is 28.8 Å². The Labute approximate surface area is 869 Å². The third kappa shape index (κ3) is 37.4. The van der Waals surface area contributed by atoms with Gasteiger partial charge in [0.25, 0.3) is 0 Å². The quantitative estimate of drug-likeness (QED) is 0.0234. The van der Waals surface area contributed by atoms with E-state index in [0.29, 0.717) is 167 Å². The minimum Gasteiger partial charge on any atom is -0.462 e. The van der Waals surface area contributed by atoms with Crippen LogP contribution in [0.5, 0.6) is 11.5 Å². The van der Waals surface area contributed by atoms with Crippen molar-refractivity contribution in [2.75, 3.05) is 39.6 Å². The third-order valence-electron chi connectivity index (χ3n) is 33.2. The molecule has 0 heterocycles. The zero-order valence-corrected chi connectivity index (χ0v) is 83.5. The molecule has 18 heteroatoms. The van der Waals surface area contributed by atoms with E-state index in [1.165, 1.54) is 47.9 Å². The van der Waals surface area contributed by atoms with Crippen LogP contribution in [0.15, 0.2) is 121 Å². The number of esters is 9. The molecular formula is C124H210O18. The average molecular weight is 1990 g/mol. The number of fused-ring (bicyclic) bond motifs is 3. The maximum atomic E-state index is 13.6. The number of hydrogen-bond donors (Lipinski definition) is 0. The van der Waals surface area contributed by atoms with Gasteiger partial charge in [-0.05, 0) is 371 Å². The number of hydrogen-bond acceptors (Lipinski definition) is 18. The lowest BCUT2D eigenvalue weighted by Gasteiger charge is -2.42. The van der Waals surface area contributed by atoms with Crippen LogP contribution in [0.25, 0.3) is 11.1 Å². The van der Waals surface area contributed by atoms with Crippen LogP contribution in [-0.4, -0.2) is 99.5 Å². The Balaban J connectivity index is -0.000000647. The summed E-state index contributed by atoms with van der Waals surface area (Å²) < 4.78 is 50.3. The number of rotatable bonds is 34. The lowest BCUT2D eigenvalue weighted by atomic mass is 9.65.